The Kier molecular flexibility index (Phi) is 5.08. The van der Waals surface area contributed by atoms with Crippen molar-refractivity contribution < 1.29 is 28.2 Å². The van der Waals surface area contributed by atoms with Gasteiger partial charge in [0.05, 0.1) is 18.8 Å². The molecule has 1 amide bonds. The Morgan fingerprint density at radius 2 is 2.24 bits per heavy atom. The predicted molar refractivity (Wildman–Crippen MR) is 69.9 cm³/mol. The summed E-state index contributed by atoms with van der Waals surface area (Å²) in [4.78, 5) is 13.5. The maximum absolute atomic E-state index is 13.4. The summed E-state index contributed by atoms with van der Waals surface area (Å²) in [5, 5.41) is 9.27. The molecule has 1 aliphatic heterocycles. The normalized spacial score (nSPS) is 21.6. The van der Waals surface area contributed by atoms with Crippen LogP contribution in [-0.4, -0.2) is 54.9 Å². The third-order valence-electron chi connectivity index (χ3n) is 3.49. The third kappa shape index (κ3) is 3.68. The highest BCUT2D eigenvalue weighted by Gasteiger charge is 2.34. The Morgan fingerprint density at radius 1 is 1.48 bits per heavy atom. The number of ether oxygens (including phenoxy) is 2. The van der Waals surface area contributed by atoms with Gasteiger partial charge in [0.1, 0.15) is 5.82 Å². The van der Waals surface area contributed by atoms with E-state index in [1.807, 2.05) is 0 Å². The van der Waals surface area contributed by atoms with Gasteiger partial charge in [0.2, 0.25) is 0 Å². The molecule has 1 aliphatic rings. The standard InChI is InChI=1S/C14H17F2NO4/c1-20-11-5-10(7-18)17(6-11)14(19)8-21-13-3-2-9(15)4-12(13)16/h2-4,10-11,18H,5-8H2,1H3/t10-,11+/m0/s1. The molecule has 1 aromatic carbocycles. The first-order chi connectivity index (χ1) is 10.0. The molecule has 0 spiro atoms. The van der Waals surface area contributed by atoms with Crippen LogP contribution in [0.1, 0.15) is 6.42 Å². The largest absolute Gasteiger partial charge is 0.481 e. The van der Waals surface area contributed by atoms with Crippen LogP contribution >= 0.6 is 0 Å². The summed E-state index contributed by atoms with van der Waals surface area (Å²) in [6.45, 7) is -0.193. The number of halogens is 2. The molecule has 1 saturated heterocycles. The number of rotatable bonds is 5. The number of aliphatic hydroxyl groups is 1. The van der Waals surface area contributed by atoms with Crippen molar-refractivity contribution in [3.05, 3.63) is 29.8 Å². The van der Waals surface area contributed by atoms with Gasteiger partial charge in [-0.15, -0.1) is 0 Å². The molecule has 0 bridgehead atoms. The van der Waals surface area contributed by atoms with Gasteiger partial charge in [0.15, 0.2) is 18.2 Å². The number of benzene rings is 1. The molecule has 0 aliphatic carbocycles. The fourth-order valence-electron chi connectivity index (χ4n) is 2.34. The van der Waals surface area contributed by atoms with Gasteiger partial charge in [-0.25, -0.2) is 8.78 Å². The molecule has 0 radical (unpaired) electrons. The van der Waals surface area contributed by atoms with Crippen molar-refractivity contribution in [1.29, 1.82) is 0 Å². The molecule has 7 heteroatoms. The average Bonchev–Trinajstić information content (AvgIpc) is 2.89. The summed E-state index contributed by atoms with van der Waals surface area (Å²) in [6.07, 6.45) is 0.414. The number of methoxy groups -OCH3 is 1. The number of likely N-dealkylation sites (tertiary alicyclic amines) is 1. The summed E-state index contributed by atoms with van der Waals surface area (Å²) in [5.74, 6) is -2.14. The van der Waals surface area contributed by atoms with Gasteiger partial charge in [-0.1, -0.05) is 0 Å². The average molecular weight is 301 g/mol. The van der Waals surface area contributed by atoms with Crippen LogP contribution in [0.2, 0.25) is 0 Å². The molecule has 0 saturated carbocycles. The van der Waals surface area contributed by atoms with E-state index in [-0.39, 0.29) is 37.0 Å². The second-order valence-electron chi connectivity index (χ2n) is 4.84. The predicted octanol–water partition coefficient (Wildman–Crippen LogP) is 0.952. The van der Waals surface area contributed by atoms with Gasteiger partial charge in [0.25, 0.3) is 5.91 Å². The number of aliphatic hydroxyl groups excluding tert-OH is 1. The van der Waals surface area contributed by atoms with Crippen LogP contribution in [0, 0.1) is 11.6 Å². The fourth-order valence-corrected chi connectivity index (χ4v) is 2.34. The Morgan fingerprint density at radius 3 is 2.86 bits per heavy atom. The number of amides is 1. The van der Waals surface area contributed by atoms with E-state index in [9.17, 15) is 18.7 Å². The Bertz CT molecular complexity index is 512. The monoisotopic (exact) mass is 301 g/mol. The van der Waals surface area contributed by atoms with E-state index in [1.54, 1.807) is 0 Å². The molecule has 1 N–H and O–H groups in total. The zero-order chi connectivity index (χ0) is 15.4. The van der Waals surface area contributed by atoms with Crippen molar-refractivity contribution in [3.63, 3.8) is 0 Å². The zero-order valence-electron chi connectivity index (χ0n) is 11.6. The third-order valence-corrected chi connectivity index (χ3v) is 3.49. The van der Waals surface area contributed by atoms with Gasteiger partial charge < -0.3 is 19.5 Å². The van der Waals surface area contributed by atoms with Gasteiger partial charge in [0, 0.05) is 19.7 Å². The van der Waals surface area contributed by atoms with E-state index >= 15 is 0 Å². The lowest BCUT2D eigenvalue weighted by molar-refractivity contribution is -0.135. The highest BCUT2D eigenvalue weighted by atomic mass is 19.1. The molecular formula is C14H17F2NO4. The van der Waals surface area contributed by atoms with E-state index in [0.29, 0.717) is 19.0 Å². The molecule has 5 nitrogen and oxygen atoms in total. The molecule has 1 fully saturated rings. The van der Waals surface area contributed by atoms with Gasteiger partial charge >= 0.3 is 0 Å². The van der Waals surface area contributed by atoms with Gasteiger partial charge in [-0.2, -0.15) is 0 Å². The maximum atomic E-state index is 13.4. The molecule has 21 heavy (non-hydrogen) atoms. The Hall–Kier alpha value is -1.73. The second-order valence-corrected chi connectivity index (χ2v) is 4.84. The van der Waals surface area contributed by atoms with E-state index in [4.69, 9.17) is 9.47 Å². The van der Waals surface area contributed by atoms with Crippen molar-refractivity contribution >= 4 is 5.91 Å². The summed E-state index contributed by atoms with van der Waals surface area (Å²) in [7, 11) is 1.54. The second kappa shape index (κ2) is 6.82. The summed E-state index contributed by atoms with van der Waals surface area (Å²) >= 11 is 0. The lowest BCUT2D eigenvalue weighted by Crippen LogP contribution is -2.40. The van der Waals surface area contributed by atoms with Gasteiger partial charge in [-0.3, -0.25) is 4.79 Å². The van der Waals surface area contributed by atoms with E-state index in [2.05, 4.69) is 0 Å². The van der Waals surface area contributed by atoms with Crippen molar-refractivity contribution in [3.8, 4) is 5.75 Å². The molecule has 116 valence electrons. The first kappa shape index (κ1) is 15.7. The lowest BCUT2D eigenvalue weighted by atomic mass is 10.2. The summed E-state index contributed by atoms with van der Waals surface area (Å²) < 4.78 is 36.4. The molecule has 2 rings (SSSR count). The number of hydrogen-bond acceptors (Lipinski definition) is 4. The highest BCUT2D eigenvalue weighted by Crippen LogP contribution is 2.21. The van der Waals surface area contributed by atoms with Crippen molar-refractivity contribution in [2.75, 3.05) is 26.9 Å². The van der Waals surface area contributed by atoms with Crippen LogP contribution < -0.4 is 4.74 Å². The van der Waals surface area contributed by atoms with E-state index in [0.717, 1.165) is 12.1 Å². The Labute approximate surface area is 121 Å². The van der Waals surface area contributed by atoms with Crippen LogP contribution in [0.5, 0.6) is 5.75 Å². The first-order valence-electron chi connectivity index (χ1n) is 6.56. The smallest absolute Gasteiger partial charge is 0.260 e. The summed E-state index contributed by atoms with van der Waals surface area (Å²) in [5.41, 5.74) is 0. The highest BCUT2D eigenvalue weighted by molar-refractivity contribution is 5.78. The van der Waals surface area contributed by atoms with Crippen molar-refractivity contribution in [1.82, 2.24) is 4.90 Å². The van der Waals surface area contributed by atoms with Crippen LogP contribution in [-0.2, 0) is 9.53 Å². The van der Waals surface area contributed by atoms with Crippen molar-refractivity contribution in [2.45, 2.75) is 18.6 Å². The Balaban J connectivity index is 1.95. The number of hydrogen-bond donors (Lipinski definition) is 1. The fraction of sp³-hybridized carbons (Fsp3) is 0.500. The molecule has 1 heterocycles. The topological polar surface area (TPSA) is 59.0 Å². The zero-order valence-corrected chi connectivity index (χ0v) is 11.6. The lowest BCUT2D eigenvalue weighted by Gasteiger charge is -2.22. The van der Waals surface area contributed by atoms with E-state index in [1.165, 1.54) is 12.0 Å². The molecule has 0 aromatic heterocycles. The van der Waals surface area contributed by atoms with Crippen LogP contribution in [0.15, 0.2) is 18.2 Å². The molecular weight excluding hydrogens is 284 g/mol. The molecule has 1 aromatic rings. The quantitative estimate of drug-likeness (QED) is 0.880. The number of carbonyl (C=O) groups excluding carboxylic acids is 1. The minimum atomic E-state index is -0.863. The molecule has 2 atom stereocenters. The summed E-state index contributed by atoms with van der Waals surface area (Å²) in [6, 6.07) is 2.54. The molecule has 0 unspecified atom stereocenters. The minimum absolute atomic E-state index is 0.131. The van der Waals surface area contributed by atoms with Gasteiger partial charge in [-0.05, 0) is 18.6 Å². The minimum Gasteiger partial charge on any atom is -0.481 e. The van der Waals surface area contributed by atoms with E-state index < -0.39 is 11.6 Å². The first-order valence-corrected chi connectivity index (χ1v) is 6.56. The SMILES string of the molecule is CO[C@@H]1C[C@@H](CO)N(C(=O)COc2ccc(F)cc2F)C1. The van der Waals surface area contributed by atoms with Crippen LogP contribution in [0.25, 0.3) is 0 Å². The van der Waals surface area contributed by atoms with Crippen molar-refractivity contribution in [2.24, 2.45) is 0 Å². The van der Waals surface area contributed by atoms with Crippen LogP contribution in [0.4, 0.5) is 8.78 Å². The maximum Gasteiger partial charge on any atom is 0.260 e. The number of nitrogens with zero attached hydrogens (tertiary/aromatic N) is 1. The van der Waals surface area contributed by atoms with Crippen LogP contribution in [0.3, 0.4) is 0 Å². The number of carbonyl (C=O) groups is 1.